The number of likely N-dealkylation sites (N-methyl/N-ethyl adjacent to an activating group) is 1. The Morgan fingerprint density at radius 1 is 1.12 bits per heavy atom. The van der Waals surface area contributed by atoms with Crippen LogP contribution in [0.15, 0.2) is 72.6 Å². The van der Waals surface area contributed by atoms with E-state index in [1.807, 2.05) is 24.3 Å². The molecule has 0 saturated heterocycles. The molecule has 4 heterocycles. The third-order valence-electron chi connectivity index (χ3n) is 5.06. The Balaban J connectivity index is 1.32. The molecule has 0 fully saturated rings. The molecule has 0 saturated carbocycles. The Morgan fingerprint density at radius 2 is 2.03 bits per heavy atom. The Labute approximate surface area is 189 Å². The van der Waals surface area contributed by atoms with Crippen molar-refractivity contribution in [3.8, 4) is 23.4 Å². The highest BCUT2D eigenvalue weighted by Gasteiger charge is 2.10. The fraction of sp³-hybridized carbons (Fsp3) is 0.125. The maximum Gasteiger partial charge on any atom is 0.223 e. The number of nitrogens with one attached hydrogen (secondary N) is 2. The zero-order chi connectivity index (χ0) is 22.6. The van der Waals surface area contributed by atoms with E-state index in [9.17, 15) is 4.39 Å². The molecule has 0 amide bonds. The van der Waals surface area contributed by atoms with Crippen LogP contribution >= 0.6 is 0 Å². The first-order chi connectivity index (χ1) is 16.1. The number of anilines is 1. The van der Waals surface area contributed by atoms with Gasteiger partial charge in [-0.25, -0.2) is 19.9 Å². The summed E-state index contributed by atoms with van der Waals surface area (Å²) in [6, 6.07) is 9.33. The zero-order valence-electron chi connectivity index (χ0n) is 17.7. The Kier molecular flexibility index (Phi) is 5.47. The third kappa shape index (κ3) is 4.70. The van der Waals surface area contributed by atoms with Gasteiger partial charge in [-0.15, -0.1) is 0 Å². The number of halogens is 1. The monoisotopic (exact) mass is 438 g/mol. The minimum absolute atomic E-state index is 0.264. The molecule has 0 atom stereocenters. The first kappa shape index (κ1) is 20.3. The van der Waals surface area contributed by atoms with Crippen LogP contribution in [0, 0.1) is 11.8 Å². The van der Waals surface area contributed by atoms with E-state index in [4.69, 9.17) is 0 Å². The molecule has 9 heteroatoms. The highest BCUT2D eigenvalue weighted by molar-refractivity contribution is 5.79. The molecule has 33 heavy (non-hydrogen) atoms. The number of aromatic nitrogens is 6. The van der Waals surface area contributed by atoms with Crippen molar-refractivity contribution in [1.29, 1.82) is 0 Å². The molecule has 4 aromatic rings. The molecular weight excluding hydrogens is 419 g/mol. The van der Waals surface area contributed by atoms with Gasteiger partial charge in [-0.2, -0.15) is 9.49 Å². The Bertz CT molecular complexity index is 1440. The summed E-state index contributed by atoms with van der Waals surface area (Å²) >= 11 is 0. The zero-order valence-corrected chi connectivity index (χ0v) is 17.7. The van der Waals surface area contributed by atoms with Gasteiger partial charge in [0.1, 0.15) is 11.4 Å². The number of aromatic amines is 1. The lowest BCUT2D eigenvalue weighted by atomic mass is 10.1. The number of nitrogens with zero attached hydrogens (tertiary/aromatic N) is 6. The van der Waals surface area contributed by atoms with Crippen molar-refractivity contribution in [1.82, 2.24) is 35.0 Å². The maximum atomic E-state index is 13.8. The minimum atomic E-state index is -0.264. The maximum absolute atomic E-state index is 13.8. The molecule has 0 radical (unpaired) electrons. The van der Waals surface area contributed by atoms with Crippen molar-refractivity contribution in [3.63, 3.8) is 0 Å². The first-order valence-electron chi connectivity index (χ1n) is 10.3. The van der Waals surface area contributed by atoms with Crippen molar-refractivity contribution in [2.24, 2.45) is 0 Å². The van der Waals surface area contributed by atoms with Gasteiger partial charge in [-0.05, 0) is 47.9 Å². The first-order valence-corrected chi connectivity index (χ1v) is 10.3. The summed E-state index contributed by atoms with van der Waals surface area (Å²) in [6.07, 6.45) is 8.50. The van der Waals surface area contributed by atoms with Crippen molar-refractivity contribution in [3.05, 3.63) is 83.9 Å². The van der Waals surface area contributed by atoms with E-state index in [-0.39, 0.29) is 5.95 Å². The quantitative estimate of drug-likeness (QED) is 0.373. The molecule has 1 aliphatic heterocycles. The SMILES string of the molecule is CN1CC=C(CNc2nccc(-c3nccc(C#Cc4ccc5[nH]ncc5c4)n3)n2)C=C1F. The van der Waals surface area contributed by atoms with Gasteiger partial charge < -0.3 is 10.2 Å². The fourth-order valence-corrected chi connectivity index (χ4v) is 3.24. The Morgan fingerprint density at radius 3 is 2.94 bits per heavy atom. The number of hydrogen-bond donors (Lipinski definition) is 2. The molecule has 2 N–H and O–H groups in total. The molecule has 0 spiro atoms. The fourth-order valence-electron chi connectivity index (χ4n) is 3.24. The van der Waals surface area contributed by atoms with Gasteiger partial charge in [-0.3, -0.25) is 5.10 Å². The second-order valence-electron chi connectivity index (χ2n) is 7.43. The van der Waals surface area contributed by atoms with E-state index in [2.05, 4.69) is 47.3 Å². The highest BCUT2D eigenvalue weighted by atomic mass is 19.1. The Hall–Kier alpha value is -4.58. The predicted molar refractivity (Wildman–Crippen MR) is 124 cm³/mol. The van der Waals surface area contributed by atoms with Crippen LogP contribution in [0.1, 0.15) is 11.3 Å². The van der Waals surface area contributed by atoms with E-state index in [0.717, 1.165) is 22.0 Å². The molecule has 0 aliphatic carbocycles. The molecule has 3 aromatic heterocycles. The lowest BCUT2D eigenvalue weighted by Gasteiger charge is -2.20. The van der Waals surface area contributed by atoms with Crippen LogP contribution in [0.3, 0.4) is 0 Å². The lowest BCUT2D eigenvalue weighted by Crippen LogP contribution is -2.20. The average Bonchev–Trinajstić information content (AvgIpc) is 3.32. The van der Waals surface area contributed by atoms with Crippen LogP contribution in [0.4, 0.5) is 10.3 Å². The number of hydrogen-bond acceptors (Lipinski definition) is 7. The van der Waals surface area contributed by atoms with Gasteiger partial charge >= 0.3 is 0 Å². The van der Waals surface area contributed by atoms with Crippen molar-refractivity contribution >= 4 is 16.9 Å². The molecule has 5 rings (SSSR count). The molecule has 1 aromatic carbocycles. The smallest absolute Gasteiger partial charge is 0.223 e. The lowest BCUT2D eigenvalue weighted by molar-refractivity contribution is 0.340. The third-order valence-corrected chi connectivity index (χ3v) is 5.06. The minimum Gasteiger partial charge on any atom is -0.350 e. The van der Waals surface area contributed by atoms with Gasteiger partial charge in [0, 0.05) is 43.5 Å². The van der Waals surface area contributed by atoms with Gasteiger partial charge in [0.25, 0.3) is 0 Å². The van der Waals surface area contributed by atoms with Gasteiger partial charge in [0.2, 0.25) is 5.95 Å². The van der Waals surface area contributed by atoms with E-state index in [1.54, 1.807) is 37.8 Å². The average molecular weight is 438 g/mol. The molecule has 162 valence electrons. The van der Waals surface area contributed by atoms with E-state index in [0.29, 0.717) is 36.3 Å². The summed E-state index contributed by atoms with van der Waals surface area (Å²) in [6.45, 7) is 0.940. The van der Waals surface area contributed by atoms with Crippen LogP contribution in [-0.4, -0.2) is 55.2 Å². The number of H-pyrrole nitrogens is 1. The molecular formula is C24H19FN8. The molecule has 0 unspecified atom stereocenters. The summed E-state index contributed by atoms with van der Waals surface area (Å²) < 4.78 is 13.8. The van der Waals surface area contributed by atoms with Gasteiger partial charge in [0.05, 0.1) is 11.7 Å². The van der Waals surface area contributed by atoms with Crippen molar-refractivity contribution < 1.29 is 4.39 Å². The highest BCUT2D eigenvalue weighted by Crippen LogP contribution is 2.16. The topological polar surface area (TPSA) is 95.5 Å². The normalized spacial score (nSPS) is 13.2. The molecule has 8 nitrogen and oxygen atoms in total. The predicted octanol–water partition coefficient (Wildman–Crippen LogP) is 3.30. The van der Waals surface area contributed by atoms with E-state index < -0.39 is 0 Å². The van der Waals surface area contributed by atoms with Crippen LogP contribution in [0.2, 0.25) is 0 Å². The number of rotatable bonds is 4. The summed E-state index contributed by atoms with van der Waals surface area (Å²) in [4.78, 5) is 19.1. The van der Waals surface area contributed by atoms with Crippen molar-refractivity contribution in [2.75, 3.05) is 25.5 Å². The second-order valence-corrected chi connectivity index (χ2v) is 7.43. The molecule has 0 bridgehead atoms. The van der Waals surface area contributed by atoms with Gasteiger partial charge in [0.15, 0.2) is 11.8 Å². The summed E-state index contributed by atoms with van der Waals surface area (Å²) in [5.41, 5.74) is 3.81. The van der Waals surface area contributed by atoms with Gasteiger partial charge in [-0.1, -0.05) is 12.0 Å². The van der Waals surface area contributed by atoms with Crippen LogP contribution < -0.4 is 5.32 Å². The summed E-state index contributed by atoms with van der Waals surface area (Å²) in [5, 5.41) is 11.1. The van der Waals surface area contributed by atoms with Crippen molar-refractivity contribution in [2.45, 2.75) is 0 Å². The summed E-state index contributed by atoms with van der Waals surface area (Å²) in [5.74, 6) is 6.79. The summed E-state index contributed by atoms with van der Waals surface area (Å²) in [7, 11) is 1.70. The van der Waals surface area contributed by atoms with E-state index in [1.165, 1.54) is 11.0 Å². The number of fused-ring (bicyclic) bond motifs is 1. The van der Waals surface area contributed by atoms with E-state index >= 15 is 0 Å². The van der Waals surface area contributed by atoms with Crippen LogP contribution in [-0.2, 0) is 0 Å². The second kappa shape index (κ2) is 8.88. The standard InChI is InChI=1S/C24H19FN8/c1-33-11-8-17(13-22(33)25)14-28-24-27-10-7-21(31-24)23-26-9-6-19(30-23)4-2-16-3-5-20-18(12-16)15-29-32-20/h3,5-10,12-13,15H,11,14H2,1H3,(H,29,32)(H,27,28,31). The van der Waals surface area contributed by atoms with Crippen LogP contribution in [0.25, 0.3) is 22.4 Å². The van der Waals surface area contributed by atoms with Crippen LogP contribution in [0.5, 0.6) is 0 Å². The molecule has 1 aliphatic rings. The largest absolute Gasteiger partial charge is 0.350 e. The number of benzene rings is 1.